The van der Waals surface area contributed by atoms with Crippen LogP contribution >= 0.6 is 0 Å². The molecule has 2 rings (SSSR count). The Labute approximate surface area is 107 Å². The predicted octanol–water partition coefficient (Wildman–Crippen LogP) is 3.27. The van der Waals surface area contributed by atoms with E-state index in [2.05, 4.69) is 0 Å². The van der Waals surface area contributed by atoms with Crippen molar-refractivity contribution in [2.24, 2.45) is 0 Å². The highest BCUT2D eigenvalue weighted by Gasteiger charge is 2.19. The van der Waals surface area contributed by atoms with Gasteiger partial charge in [-0.25, -0.2) is 4.79 Å². The highest BCUT2D eigenvalue weighted by Crippen LogP contribution is 2.21. The molecule has 1 heterocycles. The van der Waals surface area contributed by atoms with Crippen LogP contribution in [0.25, 0.3) is 5.69 Å². The molecule has 0 aliphatic heterocycles. The molecule has 0 aliphatic carbocycles. The third kappa shape index (κ3) is 2.16. The largest absolute Gasteiger partial charge is 0.461 e. The summed E-state index contributed by atoms with van der Waals surface area (Å²) in [6, 6.07) is 11.8. The normalized spacial score (nSPS) is 10.4. The van der Waals surface area contributed by atoms with Gasteiger partial charge in [-0.3, -0.25) is 0 Å². The van der Waals surface area contributed by atoms with E-state index in [1.165, 1.54) is 0 Å². The van der Waals surface area contributed by atoms with Gasteiger partial charge in [-0.2, -0.15) is 0 Å². The molecule has 2 aromatic rings. The molecule has 0 N–H and O–H groups in total. The Morgan fingerprint density at radius 1 is 1.22 bits per heavy atom. The molecule has 18 heavy (non-hydrogen) atoms. The third-order valence-corrected chi connectivity index (χ3v) is 2.86. The maximum Gasteiger partial charge on any atom is 0.355 e. The van der Waals surface area contributed by atoms with Crippen molar-refractivity contribution < 1.29 is 9.53 Å². The molecular weight excluding hydrogens is 226 g/mol. The minimum Gasteiger partial charge on any atom is -0.461 e. The molecular formula is C15H17NO2. The lowest BCUT2D eigenvalue weighted by Gasteiger charge is -2.11. The van der Waals surface area contributed by atoms with E-state index in [9.17, 15) is 4.79 Å². The van der Waals surface area contributed by atoms with E-state index in [-0.39, 0.29) is 5.97 Å². The van der Waals surface area contributed by atoms with Crippen molar-refractivity contribution in [3.05, 3.63) is 53.3 Å². The molecule has 3 heteroatoms. The Kier molecular flexibility index (Phi) is 3.51. The lowest BCUT2D eigenvalue weighted by atomic mass is 10.2. The van der Waals surface area contributed by atoms with Gasteiger partial charge < -0.3 is 9.30 Å². The first-order valence-corrected chi connectivity index (χ1v) is 6.06. The summed E-state index contributed by atoms with van der Waals surface area (Å²) in [6.45, 7) is 6.12. The molecule has 0 radical (unpaired) electrons. The molecule has 0 bridgehead atoms. The van der Waals surface area contributed by atoms with Gasteiger partial charge in [0.05, 0.1) is 6.61 Å². The quantitative estimate of drug-likeness (QED) is 0.775. The average molecular weight is 243 g/mol. The topological polar surface area (TPSA) is 31.2 Å². The number of benzene rings is 1. The highest BCUT2D eigenvalue weighted by molar-refractivity contribution is 5.90. The average Bonchev–Trinajstić information content (AvgIpc) is 2.65. The van der Waals surface area contributed by atoms with Crippen molar-refractivity contribution in [1.29, 1.82) is 0 Å². The van der Waals surface area contributed by atoms with E-state index in [1.54, 1.807) is 0 Å². The first kappa shape index (κ1) is 12.4. The van der Waals surface area contributed by atoms with Crippen molar-refractivity contribution in [1.82, 2.24) is 4.57 Å². The standard InChI is InChI=1S/C15H17NO2/c1-4-18-15(17)14-11(2)10-12(3)16(14)13-8-6-5-7-9-13/h5-10H,4H2,1-3H3. The Balaban J connectivity index is 2.57. The summed E-state index contributed by atoms with van der Waals surface area (Å²) in [7, 11) is 0. The van der Waals surface area contributed by atoms with Gasteiger partial charge in [-0.1, -0.05) is 18.2 Å². The number of hydrogen-bond donors (Lipinski definition) is 0. The molecule has 0 unspecified atom stereocenters. The van der Waals surface area contributed by atoms with Gasteiger partial charge in [0.25, 0.3) is 0 Å². The van der Waals surface area contributed by atoms with Gasteiger partial charge in [-0.05, 0) is 44.5 Å². The smallest absolute Gasteiger partial charge is 0.355 e. The highest BCUT2D eigenvalue weighted by atomic mass is 16.5. The zero-order chi connectivity index (χ0) is 13.1. The summed E-state index contributed by atoms with van der Waals surface area (Å²) in [5.74, 6) is -0.271. The monoisotopic (exact) mass is 243 g/mol. The first-order chi connectivity index (χ1) is 8.65. The number of esters is 1. The minimum atomic E-state index is -0.271. The zero-order valence-corrected chi connectivity index (χ0v) is 10.9. The van der Waals surface area contributed by atoms with Gasteiger partial charge in [0.1, 0.15) is 5.69 Å². The molecule has 1 aromatic carbocycles. The molecule has 0 atom stereocenters. The van der Waals surface area contributed by atoms with Crippen molar-refractivity contribution >= 4 is 5.97 Å². The Morgan fingerprint density at radius 3 is 2.50 bits per heavy atom. The number of hydrogen-bond acceptors (Lipinski definition) is 2. The van der Waals surface area contributed by atoms with Crippen LogP contribution in [0.5, 0.6) is 0 Å². The fraction of sp³-hybridized carbons (Fsp3) is 0.267. The number of para-hydroxylation sites is 1. The molecule has 3 nitrogen and oxygen atoms in total. The molecule has 0 saturated carbocycles. The zero-order valence-electron chi connectivity index (χ0n) is 10.9. The van der Waals surface area contributed by atoms with E-state index < -0.39 is 0 Å². The number of ether oxygens (including phenoxy) is 1. The van der Waals surface area contributed by atoms with E-state index in [0.717, 1.165) is 16.9 Å². The summed E-state index contributed by atoms with van der Waals surface area (Å²) >= 11 is 0. The number of aryl methyl sites for hydroxylation is 2. The molecule has 94 valence electrons. The fourth-order valence-electron chi connectivity index (χ4n) is 2.16. The summed E-state index contributed by atoms with van der Waals surface area (Å²) in [6.07, 6.45) is 0. The lowest BCUT2D eigenvalue weighted by Crippen LogP contribution is -2.13. The Bertz CT molecular complexity index is 555. The van der Waals surface area contributed by atoms with Crippen LogP contribution in [-0.2, 0) is 4.74 Å². The van der Waals surface area contributed by atoms with Crippen LogP contribution < -0.4 is 0 Å². The summed E-state index contributed by atoms with van der Waals surface area (Å²) in [5, 5.41) is 0. The van der Waals surface area contributed by atoms with Gasteiger partial charge in [0.15, 0.2) is 0 Å². The Morgan fingerprint density at radius 2 is 1.89 bits per heavy atom. The Hall–Kier alpha value is -2.03. The number of carbonyl (C=O) groups is 1. The molecule has 0 fully saturated rings. The van der Waals surface area contributed by atoms with Crippen molar-refractivity contribution in [3.63, 3.8) is 0 Å². The maximum atomic E-state index is 12.0. The van der Waals surface area contributed by atoms with Crippen LogP contribution in [0.4, 0.5) is 0 Å². The van der Waals surface area contributed by atoms with E-state index in [4.69, 9.17) is 4.74 Å². The van der Waals surface area contributed by atoms with Crippen LogP contribution in [0.2, 0.25) is 0 Å². The van der Waals surface area contributed by atoms with E-state index >= 15 is 0 Å². The van der Waals surface area contributed by atoms with Crippen LogP contribution in [0.1, 0.15) is 28.7 Å². The fourth-order valence-corrected chi connectivity index (χ4v) is 2.16. The summed E-state index contributed by atoms with van der Waals surface area (Å²) < 4.78 is 7.06. The maximum absolute atomic E-state index is 12.0. The minimum absolute atomic E-state index is 0.271. The van der Waals surface area contributed by atoms with Crippen molar-refractivity contribution in [2.45, 2.75) is 20.8 Å². The number of aromatic nitrogens is 1. The summed E-state index contributed by atoms with van der Waals surface area (Å²) in [4.78, 5) is 12.0. The van der Waals surface area contributed by atoms with Gasteiger partial charge in [0.2, 0.25) is 0 Å². The number of rotatable bonds is 3. The van der Waals surface area contributed by atoms with Crippen LogP contribution in [-0.4, -0.2) is 17.1 Å². The van der Waals surface area contributed by atoms with Crippen molar-refractivity contribution in [2.75, 3.05) is 6.61 Å². The third-order valence-electron chi connectivity index (χ3n) is 2.86. The lowest BCUT2D eigenvalue weighted by molar-refractivity contribution is 0.0516. The second-order valence-corrected chi connectivity index (χ2v) is 4.21. The van der Waals surface area contributed by atoms with E-state index in [0.29, 0.717) is 12.3 Å². The second-order valence-electron chi connectivity index (χ2n) is 4.21. The van der Waals surface area contributed by atoms with Crippen LogP contribution in [0.15, 0.2) is 36.4 Å². The number of carbonyl (C=O) groups excluding carboxylic acids is 1. The first-order valence-electron chi connectivity index (χ1n) is 6.06. The van der Waals surface area contributed by atoms with Crippen molar-refractivity contribution in [3.8, 4) is 5.69 Å². The molecule has 0 spiro atoms. The van der Waals surface area contributed by atoms with Gasteiger partial charge >= 0.3 is 5.97 Å². The van der Waals surface area contributed by atoms with Gasteiger partial charge in [-0.15, -0.1) is 0 Å². The SMILES string of the molecule is CCOC(=O)c1c(C)cc(C)n1-c1ccccc1. The van der Waals surface area contributed by atoms with E-state index in [1.807, 2.05) is 61.7 Å². The molecule has 0 amide bonds. The van der Waals surface area contributed by atoms with Crippen LogP contribution in [0, 0.1) is 13.8 Å². The molecule has 0 saturated heterocycles. The van der Waals surface area contributed by atoms with Crippen LogP contribution in [0.3, 0.4) is 0 Å². The number of nitrogens with zero attached hydrogens (tertiary/aromatic N) is 1. The predicted molar refractivity (Wildman–Crippen MR) is 71.2 cm³/mol. The molecule has 1 aromatic heterocycles. The second kappa shape index (κ2) is 5.08. The van der Waals surface area contributed by atoms with Gasteiger partial charge in [0, 0.05) is 11.4 Å². The summed E-state index contributed by atoms with van der Waals surface area (Å²) in [5.41, 5.74) is 3.56. The molecule has 0 aliphatic rings.